The van der Waals surface area contributed by atoms with Crippen molar-refractivity contribution in [3.63, 3.8) is 0 Å². The van der Waals surface area contributed by atoms with E-state index in [1.165, 1.54) is 0 Å². The van der Waals surface area contributed by atoms with E-state index in [0.717, 1.165) is 11.1 Å². The summed E-state index contributed by atoms with van der Waals surface area (Å²) < 4.78 is 16.0. The molecule has 0 spiro atoms. The van der Waals surface area contributed by atoms with Crippen molar-refractivity contribution >= 4 is 5.91 Å². The van der Waals surface area contributed by atoms with Crippen LogP contribution in [-0.2, 0) is 11.2 Å². The van der Waals surface area contributed by atoms with Crippen LogP contribution in [0, 0.1) is 5.92 Å². The van der Waals surface area contributed by atoms with Crippen molar-refractivity contribution < 1.29 is 19.0 Å². The molecule has 2 rings (SSSR count). The van der Waals surface area contributed by atoms with Gasteiger partial charge < -0.3 is 19.5 Å². The summed E-state index contributed by atoms with van der Waals surface area (Å²) in [5.41, 5.74) is 1.90. The molecule has 1 amide bonds. The second-order valence-corrected chi connectivity index (χ2v) is 6.41. The van der Waals surface area contributed by atoms with Gasteiger partial charge in [0.1, 0.15) is 0 Å². The van der Waals surface area contributed by atoms with Crippen LogP contribution in [-0.4, -0.2) is 27.2 Å². The average molecular weight is 357 g/mol. The number of nitrogens with one attached hydrogen (secondary N) is 1. The Labute approximate surface area is 155 Å². The first kappa shape index (κ1) is 19.6. The van der Waals surface area contributed by atoms with Crippen LogP contribution in [0.15, 0.2) is 42.5 Å². The maximum Gasteiger partial charge on any atom is 0.224 e. The number of amides is 1. The summed E-state index contributed by atoms with van der Waals surface area (Å²) in [5, 5.41) is 3.13. The normalized spacial score (nSPS) is 11.8. The van der Waals surface area contributed by atoms with Crippen LogP contribution in [0.25, 0.3) is 0 Å². The lowest BCUT2D eigenvalue weighted by atomic mass is 9.95. The maximum atomic E-state index is 12.6. The molecule has 140 valence electrons. The van der Waals surface area contributed by atoms with Crippen LogP contribution in [0.2, 0.25) is 0 Å². The highest BCUT2D eigenvalue weighted by molar-refractivity contribution is 5.79. The lowest BCUT2D eigenvalue weighted by molar-refractivity contribution is -0.121. The van der Waals surface area contributed by atoms with Crippen molar-refractivity contribution in [3.8, 4) is 17.2 Å². The molecular formula is C21H27NO4. The van der Waals surface area contributed by atoms with Crippen LogP contribution >= 0.6 is 0 Å². The monoisotopic (exact) mass is 357 g/mol. The van der Waals surface area contributed by atoms with Crippen LogP contribution < -0.4 is 19.5 Å². The Morgan fingerprint density at radius 2 is 1.54 bits per heavy atom. The minimum atomic E-state index is -0.0539. The highest BCUT2D eigenvalue weighted by Gasteiger charge is 2.20. The molecule has 0 bridgehead atoms. The number of benzene rings is 2. The molecule has 1 atom stereocenters. The Hall–Kier alpha value is -2.69. The van der Waals surface area contributed by atoms with Gasteiger partial charge in [-0.25, -0.2) is 0 Å². The van der Waals surface area contributed by atoms with E-state index < -0.39 is 0 Å². The largest absolute Gasteiger partial charge is 0.493 e. The summed E-state index contributed by atoms with van der Waals surface area (Å²) in [4.78, 5) is 12.6. The lowest BCUT2D eigenvalue weighted by Gasteiger charge is -2.23. The number of carbonyl (C=O) groups excluding carboxylic acids is 1. The summed E-state index contributed by atoms with van der Waals surface area (Å²) in [5.74, 6) is 1.82. The molecule has 5 heteroatoms. The second-order valence-electron chi connectivity index (χ2n) is 6.41. The van der Waals surface area contributed by atoms with E-state index in [0.29, 0.717) is 17.2 Å². The second kappa shape index (κ2) is 9.13. The fraction of sp³-hybridized carbons (Fsp3) is 0.381. The molecule has 2 aromatic carbocycles. The summed E-state index contributed by atoms with van der Waals surface area (Å²) in [6.45, 7) is 4.19. The first-order chi connectivity index (χ1) is 12.5. The highest BCUT2D eigenvalue weighted by atomic mass is 16.5. The number of hydrogen-bond donors (Lipinski definition) is 1. The molecule has 0 radical (unpaired) electrons. The first-order valence-corrected chi connectivity index (χ1v) is 8.63. The molecule has 26 heavy (non-hydrogen) atoms. The van der Waals surface area contributed by atoms with Gasteiger partial charge in [-0.3, -0.25) is 4.79 Å². The summed E-state index contributed by atoms with van der Waals surface area (Å²) in [6.07, 6.45) is 0.229. The SMILES string of the molecule is COc1cc(CC(=O)N[C@H](c2ccccc2)C(C)C)cc(OC)c1OC. The van der Waals surface area contributed by atoms with Gasteiger partial charge >= 0.3 is 0 Å². The third-order valence-corrected chi connectivity index (χ3v) is 4.23. The molecule has 0 saturated heterocycles. The number of methoxy groups -OCH3 is 3. The van der Waals surface area contributed by atoms with Crippen LogP contribution in [0.4, 0.5) is 0 Å². The van der Waals surface area contributed by atoms with E-state index in [-0.39, 0.29) is 24.3 Å². The summed E-state index contributed by atoms with van der Waals surface area (Å²) in [6, 6.07) is 13.6. The van der Waals surface area contributed by atoms with Crippen molar-refractivity contribution in [2.75, 3.05) is 21.3 Å². The zero-order valence-corrected chi connectivity index (χ0v) is 16.0. The zero-order chi connectivity index (χ0) is 19.1. The van der Waals surface area contributed by atoms with Gasteiger partial charge in [0.2, 0.25) is 11.7 Å². The number of rotatable bonds is 8. The lowest BCUT2D eigenvalue weighted by Crippen LogP contribution is -2.32. The quantitative estimate of drug-likeness (QED) is 0.781. The van der Waals surface area contributed by atoms with E-state index >= 15 is 0 Å². The van der Waals surface area contributed by atoms with Gasteiger partial charge in [-0.1, -0.05) is 44.2 Å². The fourth-order valence-electron chi connectivity index (χ4n) is 2.94. The molecule has 1 N–H and O–H groups in total. The zero-order valence-electron chi connectivity index (χ0n) is 16.0. The number of carbonyl (C=O) groups is 1. The van der Waals surface area contributed by atoms with E-state index in [1.54, 1.807) is 33.5 Å². The van der Waals surface area contributed by atoms with Crippen molar-refractivity contribution in [1.82, 2.24) is 5.32 Å². The van der Waals surface area contributed by atoms with Crippen LogP contribution in [0.3, 0.4) is 0 Å². The van der Waals surface area contributed by atoms with Crippen molar-refractivity contribution in [1.29, 1.82) is 0 Å². The molecule has 0 aliphatic rings. The predicted octanol–water partition coefficient (Wildman–Crippen LogP) is 3.77. The van der Waals surface area contributed by atoms with Crippen molar-refractivity contribution in [2.24, 2.45) is 5.92 Å². The number of hydrogen-bond acceptors (Lipinski definition) is 4. The number of ether oxygens (including phenoxy) is 3. The van der Waals surface area contributed by atoms with Gasteiger partial charge in [-0.2, -0.15) is 0 Å². The van der Waals surface area contributed by atoms with Crippen molar-refractivity contribution in [2.45, 2.75) is 26.3 Å². The Morgan fingerprint density at radius 1 is 0.962 bits per heavy atom. The third kappa shape index (κ3) is 4.69. The standard InChI is InChI=1S/C21H27NO4/c1-14(2)20(16-9-7-6-8-10-16)22-19(23)13-15-11-17(24-3)21(26-5)18(12-15)25-4/h6-12,14,20H,13H2,1-5H3,(H,22,23)/t20-/m0/s1. The molecule has 0 fully saturated rings. The van der Waals surface area contributed by atoms with Gasteiger partial charge in [0.05, 0.1) is 33.8 Å². The van der Waals surface area contributed by atoms with E-state index in [4.69, 9.17) is 14.2 Å². The van der Waals surface area contributed by atoms with E-state index in [9.17, 15) is 4.79 Å². The minimum Gasteiger partial charge on any atom is -0.493 e. The Morgan fingerprint density at radius 3 is 2.00 bits per heavy atom. The van der Waals surface area contributed by atoms with Crippen molar-refractivity contribution in [3.05, 3.63) is 53.6 Å². The van der Waals surface area contributed by atoms with E-state index in [2.05, 4.69) is 19.2 Å². The minimum absolute atomic E-state index is 0.0364. The maximum absolute atomic E-state index is 12.6. The Kier molecular flexibility index (Phi) is 6.89. The highest BCUT2D eigenvalue weighted by Crippen LogP contribution is 2.38. The van der Waals surface area contributed by atoms with Gasteiger partial charge in [0.25, 0.3) is 0 Å². The predicted molar refractivity (Wildman–Crippen MR) is 102 cm³/mol. The third-order valence-electron chi connectivity index (χ3n) is 4.23. The van der Waals surface area contributed by atoms with E-state index in [1.807, 2.05) is 30.3 Å². The van der Waals surface area contributed by atoms with Gasteiger partial charge in [-0.15, -0.1) is 0 Å². The Balaban J connectivity index is 2.18. The molecule has 5 nitrogen and oxygen atoms in total. The molecule has 0 aliphatic carbocycles. The van der Waals surface area contributed by atoms with Gasteiger partial charge in [0.15, 0.2) is 11.5 Å². The molecule has 0 aromatic heterocycles. The molecule has 0 aliphatic heterocycles. The molecule has 0 unspecified atom stereocenters. The van der Waals surface area contributed by atoms with Crippen LogP contribution in [0.1, 0.15) is 31.0 Å². The molecule has 0 saturated carbocycles. The topological polar surface area (TPSA) is 56.8 Å². The van der Waals surface area contributed by atoms with Gasteiger partial charge in [-0.05, 0) is 29.2 Å². The molecule has 0 heterocycles. The van der Waals surface area contributed by atoms with Gasteiger partial charge in [0, 0.05) is 0 Å². The summed E-state index contributed by atoms with van der Waals surface area (Å²) in [7, 11) is 4.68. The Bertz CT molecular complexity index is 703. The average Bonchev–Trinajstić information content (AvgIpc) is 2.65. The summed E-state index contributed by atoms with van der Waals surface area (Å²) >= 11 is 0. The smallest absolute Gasteiger partial charge is 0.224 e. The fourth-order valence-corrected chi connectivity index (χ4v) is 2.94. The first-order valence-electron chi connectivity index (χ1n) is 8.63. The molecular weight excluding hydrogens is 330 g/mol. The molecule has 2 aromatic rings. The van der Waals surface area contributed by atoms with Crippen LogP contribution in [0.5, 0.6) is 17.2 Å².